The van der Waals surface area contributed by atoms with Crippen molar-refractivity contribution in [3.63, 3.8) is 0 Å². The lowest BCUT2D eigenvalue weighted by Gasteiger charge is -2.21. The molecule has 1 heterocycles. The van der Waals surface area contributed by atoms with Crippen LogP contribution >= 0.6 is 22.6 Å². The highest BCUT2D eigenvalue weighted by Gasteiger charge is 2.73. The van der Waals surface area contributed by atoms with Crippen LogP contribution in [0.5, 0.6) is 0 Å². The van der Waals surface area contributed by atoms with Crippen LogP contribution in [0.25, 0.3) is 0 Å². The molecule has 106 valence electrons. The summed E-state index contributed by atoms with van der Waals surface area (Å²) >= 11 is 2.21. The van der Waals surface area contributed by atoms with Gasteiger partial charge in [0.15, 0.2) is 0 Å². The fourth-order valence-corrected chi connectivity index (χ4v) is 5.47. The van der Waals surface area contributed by atoms with Crippen LogP contribution in [0.15, 0.2) is 36.4 Å². The van der Waals surface area contributed by atoms with Crippen LogP contribution in [0.4, 0.5) is 5.69 Å². The Morgan fingerprint density at radius 3 is 2.19 bits per heavy atom. The molecule has 2 saturated carbocycles. The normalized spacial score (nSPS) is 37.7. The minimum Gasteiger partial charge on any atom is -0.274 e. The van der Waals surface area contributed by atoms with Gasteiger partial charge in [-0.3, -0.25) is 9.59 Å². The number of rotatable bonds is 1. The molecule has 2 amide bonds. The van der Waals surface area contributed by atoms with Crippen molar-refractivity contribution in [1.29, 1.82) is 0 Å². The monoisotopic (exact) mass is 391 g/mol. The van der Waals surface area contributed by atoms with Crippen molar-refractivity contribution in [2.75, 3.05) is 4.90 Å². The number of hydrogen-bond acceptors (Lipinski definition) is 2. The molecule has 2 bridgehead atoms. The molecule has 1 aliphatic heterocycles. The van der Waals surface area contributed by atoms with Gasteiger partial charge >= 0.3 is 0 Å². The van der Waals surface area contributed by atoms with Crippen molar-refractivity contribution in [3.8, 4) is 0 Å². The lowest BCUT2D eigenvalue weighted by atomic mass is 9.85. The van der Waals surface area contributed by atoms with E-state index in [0.717, 1.165) is 9.26 Å². The Balaban J connectivity index is 1.59. The third kappa shape index (κ3) is 1.35. The van der Waals surface area contributed by atoms with Gasteiger partial charge in [0.1, 0.15) is 0 Å². The van der Waals surface area contributed by atoms with Gasteiger partial charge in [-0.2, -0.15) is 0 Å². The van der Waals surface area contributed by atoms with Gasteiger partial charge < -0.3 is 0 Å². The minimum absolute atomic E-state index is 0.0233. The molecule has 3 fully saturated rings. The van der Waals surface area contributed by atoms with Crippen LogP contribution in [-0.4, -0.2) is 11.8 Å². The van der Waals surface area contributed by atoms with E-state index in [1.54, 1.807) is 0 Å². The molecule has 1 saturated heterocycles. The Kier molecular flexibility index (Phi) is 2.22. The van der Waals surface area contributed by atoms with Crippen molar-refractivity contribution < 1.29 is 9.59 Å². The van der Waals surface area contributed by atoms with E-state index in [1.807, 2.05) is 24.3 Å². The number of amides is 2. The van der Waals surface area contributed by atoms with Crippen molar-refractivity contribution >= 4 is 40.1 Å². The first-order chi connectivity index (χ1) is 10.1. The molecular weight excluding hydrogens is 377 g/mol. The standard InChI is InChI=1S/C17H14INO2/c18-9-2-1-3-10(8-9)19-15(20)13-11-4-5-12(14(13)16(19)21)17(11)6-7-17/h1-5,8,11-14H,6-7H2/t11-,12-,13-,14+/m0/s1. The smallest absolute Gasteiger partial charge is 0.238 e. The lowest BCUT2D eigenvalue weighted by Crippen LogP contribution is -2.34. The summed E-state index contributed by atoms with van der Waals surface area (Å²) < 4.78 is 1.04. The SMILES string of the molecule is O=C1[C@@H]2[C@H](C(=O)N1c1cccc(I)c1)[C@@H]1C=C[C@@H]2C12CC2. The van der Waals surface area contributed by atoms with Gasteiger partial charge in [0.05, 0.1) is 17.5 Å². The summed E-state index contributed by atoms with van der Waals surface area (Å²) in [4.78, 5) is 27.2. The molecular formula is C17H14INO2. The molecule has 0 aromatic heterocycles. The average Bonchev–Trinajstić information content (AvgIpc) is 3.05. The van der Waals surface area contributed by atoms with Crippen LogP contribution in [0, 0.1) is 32.7 Å². The molecule has 3 aliphatic carbocycles. The fourth-order valence-electron chi connectivity index (χ4n) is 4.95. The highest BCUT2D eigenvalue weighted by atomic mass is 127. The maximum Gasteiger partial charge on any atom is 0.238 e. The predicted molar refractivity (Wildman–Crippen MR) is 86.4 cm³/mol. The average molecular weight is 391 g/mol. The summed E-state index contributed by atoms with van der Waals surface area (Å²) in [5.74, 6) is 0.444. The molecule has 1 spiro atoms. The Bertz CT molecular complexity index is 687. The molecule has 0 radical (unpaired) electrons. The highest BCUT2D eigenvalue weighted by molar-refractivity contribution is 14.1. The number of anilines is 1. The first kappa shape index (κ1) is 12.4. The van der Waals surface area contributed by atoms with E-state index in [2.05, 4.69) is 34.7 Å². The number of halogens is 1. The van der Waals surface area contributed by atoms with Gasteiger partial charge in [0.25, 0.3) is 0 Å². The van der Waals surface area contributed by atoms with Crippen molar-refractivity contribution in [1.82, 2.24) is 0 Å². The fraction of sp³-hybridized carbons (Fsp3) is 0.412. The van der Waals surface area contributed by atoms with Crippen molar-refractivity contribution in [2.24, 2.45) is 29.1 Å². The first-order valence-corrected chi connectivity index (χ1v) is 8.53. The summed E-state index contributed by atoms with van der Waals surface area (Å²) in [6.45, 7) is 0. The zero-order chi connectivity index (χ0) is 14.4. The molecule has 0 unspecified atom stereocenters. The van der Waals surface area contributed by atoms with E-state index in [4.69, 9.17) is 0 Å². The number of allylic oxidation sites excluding steroid dienone is 2. The minimum atomic E-state index is -0.104. The quantitative estimate of drug-likeness (QED) is 0.420. The van der Waals surface area contributed by atoms with E-state index in [9.17, 15) is 9.59 Å². The third-order valence-corrected chi connectivity index (χ3v) is 6.59. The largest absolute Gasteiger partial charge is 0.274 e. The number of benzene rings is 1. The van der Waals surface area contributed by atoms with E-state index in [-0.39, 0.29) is 29.1 Å². The number of carbonyl (C=O) groups is 2. The first-order valence-electron chi connectivity index (χ1n) is 7.45. The predicted octanol–water partition coefficient (Wildman–Crippen LogP) is 2.99. The van der Waals surface area contributed by atoms with Gasteiger partial charge in [0, 0.05) is 3.57 Å². The van der Waals surface area contributed by atoms with Gasteiger partial charge in [-0.25, -0.2) is 4.90 Å². The molecule has 3 nitrogen and oxygen atoms in total. The van der Waals surface area contributed by atoms with Gasteiger partial charge in [-0.15, -0.1) is 0 Å². The summed E-state index contributed by atoms with van der Waals surface area (Å²) in [5, 5.41) is 0. The van der Waals surface area contributed by atoms with Gasteiger partial charge in [0.2, 0.25) is 11.8 Å². The second kappa shape index (κ2) is 3.77. The highest BCUT2D eigenvalue weighted by Crippen LogP contribution is 2.73. The topological polar surface area (TPSA) is 37.4 Å². The van der Waals surface area contributed by atoms with Crippen LogP contribution in [0.2, 0.25) is 0 Å². The zero-order valence-electron chi connectivity index (χ0n) is 11.3. The Labute approximate surface area is 136 Å². The number of imide groups is 1. The molecule has 4 aliphatic rings. The molecule has 1 aromatic rings. The second-order valence-electron chi connectivity index (χ2n) is 6.71. The molecule has 1 aromatic carbocycles. The Hall–Kier alpha value is -1.17. The van der Waals surface area contributed by atoms with Crippen LogP contribution in [0.3, 0.4) is 0 Å². The number of fused-ring (bicyclic) bond motifs is 3. The summed E-state index contributed by atoms with van der Waals surface area (Å²) in [6.07, 6.45) is 6.79. The molecule has 0 N–H and O–H groups in total. The number of nitrogens with zero attached hydrogens (tertiary/aromatic N) is 1. The van der Waals surface area contributed by atoms with E-state index in [0.29, 0.717) is 11.8 Å². The Morgan fingerprint density at radius 2 is 1.67 bits per heavy atom. The maximum atomic E-state index is 12.9. The summed E-state index contributed by atoms with van der Waals surface area (Å²) in [6, 6.07) is 7.65. The van der Waals surface area contributed by atoms with Crippen LogP contribution < -0.4 is 4.90 Å². The summed E-state index contributed by atoms with van der Waals surface area (Å²) in [5.41, 5.74) is 1.01. The van der Waals surface area contributed by atoms with Gasteiger partial charge in [-0.05, 0) is 70.9 Å². The molecule has 4 heteroatoms. The van der Waals surface area contributed by atoms with E-state index in [1.165, 1.54) is 17.7 Å². The maximum absolute atomic E-state index is 12.9. The molecule has 21 heavy (non-hydrogen) atoms. The van der Waals surface area contributed by atoms with E-state index >= 15 is 0 Å². The van der Waals surface area contributed by atoms with Crippen molar-refractivity contribution in [3.05, 3.63) is 40.0 Å². The Morgan fingerprint density at radius 1 is 1.05 bits per heavy atom. The summed E-state index contributed by atoms with van der Waals surface area (Å²) in [7, 11) is 0. The van der Waals surface area contributed by atoms with Crippen molar-refractivity contribution in [2.45, 2.75) is 12.8 Å². The number of carbonyl (C=O) groups excluding carboxylic acids is 2. The van der Waals surface area contributed by atoms with Crippen LogP contribution in [-0.2, 0) is 9.59 Å². The number of hydrogen-bond donors (Lipinski definition) is 0. The third-order valence-electron chi connectivity index (χ3n) is 5.92. The molecule has 5 rings (SSSR count). The molecule has 4 atom stereocenters. The van der Waals surface area contributed by atoms with Gasteiger partial charge in [-0.1, -0.05) is 18.2 Å². The van der Waals surface area contributed by atoms with E-state index < -0.39 is 0 Å². The lowest BCUT2D eigenvalue weighted by molar-refractivity contribution is -0.123. The second-order valence-corrected chi connectivity index (χ2v) is 7.96. The zero-order valence-corrected chi connectivity index (χ0v) is 13.5. The van der Waals surface area contributed by atoms with Crippen LogP contribution in [0.1, 0.15) is 12.8 Å².